The van der Waals surface area contributed by atoms with Crippen molar-refractivity contribution in [3.8, 4) is 0 Å². The van der Waals surface area contributed by atoms with Gasteiger partial charge in [0, 0.05) is 26.2 Å². The van der Waals surface area contributed by atoms with E-state index in [1.54, 1.807) is 0 Å². The normalized spacial score (nSPS) is 32.2. The van der Waals surface area contributed by atoms with Gasteiger partial charge >= 0.3 is 6.03 Å². The van der Waals surface area contributed by atoms with E-state index in [0.717, 1.165) is 32.6 Å². The summed E-state index contributed by atoms with van der Waals surface area (Å²) in [6.07, 6.45) is 4.93. The molecule has 2 saturated heterocycles. The molecule has 2 amide bonds. The Morgan fingerprint density at radius 2 is 1.94 bits per heavy atom. The van der Waals surface area contributed by atoms with Gasteiger partial charge in [0.25, 0.3) is 0 Å². The summed E-state index contributed by atoms with van der Waals surface area (Å²) in [4.78, 5) is 16.2. The molecule has 0 aromatic rings. The molecule has 0 radical (unpaired) electrons. The Kier molecular flexibility index (Phi) is 2.58. The summed E-state index contributed by atoms with van der Waals surface area (Å²) < 4.78 is 0. The Balaban J connectivity index is 1.53. The third-order valence-corrected chi connectivity index (χ3v) is 4.56. The van der Waals surface area contributed by atoms with Gasteiger partial charge in [0.05, 0.1) is 5.54 Å². The molecule has 1 aliphatic carbocycles. The molecule has 2 heterocycles. The van der Waals surface area contributed by atoms with Gasteiger partial charge in [-0.25, -0.2) is 4.79 Å². The van der Waals surface area contributed by atoms with Crippen LogP contribution in [0.3, 0.4) is 0 Å². The van der Waals surface area contributed by atoms with Crippen LogP contribution in [0.1, 0.15) is 32.6 Å². The van der Waals surface area contributed by atoms with E-state index in [2.05, 4.69) is 6.92 Å². The summed E-state index contributed by atoms with van der Waals surface area (Å²) in [6, 6.07) is 0.221. The summed E-state index contributed by atoms with van der Waals surface area (Å²) in [6.45, 7) is 5.65. The number of amides is 2. The molecule has 0 aromatic carbocycles. The maximum atomic E-state index is 12.3. The van der Waals surface area contributed by atoms with Gasteiger partial charge in [0.1, 0.15) is 0 Å². The molecular formula is C13H23N3O. The lowest BCUT2D eigenvalue weighted by atomic mass is 9.86. The Bertz CT molecular complexity index is 321. The van der Waals surface area contributed by atoms with Gasteiger partial charge in [-0.1, -0.05) is 6.92 Å². The lowest BCUT2D eigenvalue weighted by Crippen LogP contribution is -2.71. The number of hydrogen-bond acceptors (Lipinski definition) is 2. The third kappa shape index (κ3) is 2.03. The molecule has 0 aromatic heterocycles. The smallest absolute Gasteiger partial charge is 0.320 e. The summed E-state index contributed by atoms with van der Waals surface area (Å²) in [5, 5.41) is 0. The maximum absolute atomic E-state index is 12.3. The summed E-state index contributed by atoms with van der Waals surface area (Å²) >= 11 is 0. The molecule has 1 atom stereocenters. The molecule has 2 N–H and O–H groups in total. The highest BCUT2D eigenvalue weighted by Gasteiger charge is 2.52. The van der Waals surface area contributed by atoms with Crippen LogP contribution in [0.2, 0.25) is 0 Å². The van der Waals surface area contributed by atoms with E-state index in [9.17, 15) is 4.79 Å². The van der Waals surface area contributed by atoms with Crippen molar-refractivity contribution in [1.29, 1.82) is 0 Å². The highest BCUT2D eigenvalue weighted by molar-refractivity contribution is 5.76. The standard InChI is InChI=1S/C13H23N3O/c1-10-3-2-6-15(7-10)12(17)16-8-13(14,9-16)11-4-5-11/h10-11H,2-9,14H2,1H3. The topological polar surface area (TPSA) is 49.6 Å². The minimum atomic E-state index is -0.0446. The first kappa shape index (κ1) is 11.3. The first-order valence-corrected chi connectivity index (χ1v) is 6.91. The highest BCUT2D eigenvalue weighted by atomic mass is 16.2. The number of urea groups is 1. The molecule has 4 heteroatoms. The molecular weight excluding hydrogens is 214 g/mol. The van der Waals surface area contributed by atoms with E-state index in [1.165, 1.54) is 19.3 Å². The number of nitrogens with zero attached hydrogens (tertiary/aromatic N) is 2. The first-order chi connectivity index (χ1) is 8.08. The highest BCUT2D eigenvalue weighted by Crippen LogP contribution is 2.43. The number of rotatable bonds is 1. The van der Waals surface area contributed by atoms with Gasteiger partial charge in [-0.3, -0.25) is 0 Å². The van der Waals surface area contributed by atoms with Gasteiger partial charge in [-0.05, 0) is 37.5 Å². The fourth-order valence-corrected chi connectivity index (χ4v) is 3.28. The zero-order chi connectivity index (χ0) is 12.0. The second-order valence-electron chi connectivity index (χ2n) is 6.34. The van der Waals surface area contributed by atoms with Crippen molar-refractivity contribution in [3.05, 3.63) is 0 Å². The van der Waals surface area contributed by atoms with Crippen molar-refractivity contribution in [3.63, 3.8) is 0 Å². The predicted molar refractivity (Wildman–Crippen MR) is 66.6 cm³/mol. The van der Waals surface area contributed by atoms with E-state index >= 15 is 0 Å². The molecule has 0 spiro atoms. The van der Waals surface area contributed by atoms with Gasteiger partial charge in [0.15, 0.2) is 0 Å². The number of carbonyl (C=O) groups is 1. The second-order valence-corrected chi connectivity index (χ2v) is 6.34. The fraction of sp³-hybridized carbons (Fsp3) is 0.923. The number of piperidine rings is 1. The molecule has 96 valence electrons. The van der Waals surface area contributed by atoms with Crippen molar-refractivity contribution >= 4 is 6.03 Å². The van der Waals surface area contributed by atoms with Crippen LogP contribution in [0.5, 0.6) is 0 Å². The number of likely N-dealkylation sites (tertiary alicyclic amines) is 2. The Hall–Kier alpha value is -0.770. The monoisotopic (exact) mass is 237 g/mol. The average Bonchev–Trinajstić information content (AvgIpc) is 3.08. The van der Waals surface area contributed by atoms with E-state index in [0.29, 0.717) is 11.8 Å². The van der Waals surface area contributed by atoms with Crippen LogP contribution in [0.15, 0.2) is 0 Å². The fourth-order valence-electron chi connectivity index (χ4n) is 3.28. The van der Waals surface area contributed by atoms with Crippen LogP contribution in [0.4, 0.5) is 4.79 Å². The minimum absolute atomic E-state index is 0.0446. The van der Waals surface area contributed by atoms with Gasteiger partial charge in [0.2, 0.25) is 0 Å². The Morgan fingerprint density at radius 3 is 2.53 bits per heavy atom. The molecule has 1 unspecified atom stereocenters. The zero-order valence-electron chi connectivity index (χ0n) is 10.7. The van der Waals surface area contributed by atoms with Crippen molar-refractivity contribution in [2.24, 2.45) is 17.6 Å². The van der Waals surface area contributed by atoms with Crippen LogP contribution < -0.4 is 5.73 Å². The number of carbonyl (C=O) groups excluding carboxylic acids is 1. The molecule has 0 bridgehead atoms. The first-order valence-electron chi connectivity index (χ1n) is 6.91. The predicted octanol–water partition coefficient (Wildman–Crippen LogP) is 1.26. The van der Waals surface area contributed by atoms with Crippen LogP contribution in [0, 0.1) is 11.8 Å². The molecule has 2 aliphatic heterocycles. The molecule has 3 rings (SSSR count). The van der Waals surface area contributed by atoms with Crippen molar-refractivity contribution in [2.45, 2.75) is 38.1 Å². The molecule has 4 nitrogen and oxygen atoms in total. The van der Waals surface area contributed by atoms with Gasteiger partial charge < -0.3 is 15.5 Å². The minimum Gasteiger partial charge on any atom is -0.324 e. The third-order valence-electron chi connectivity index (χ3n) is 4.56. The summed E-state index contributed by atoms with van der Waals surface area (Å²) in [5.74, 6) is 1.34. The molecule has 3 fully saturated rings. The molecule has 1 saturated carbocycles. The van der Waals surface area contributed by atoms with Crippen molar-refractivity contribution in [1.82, 2.24) is 9.80 Å². The number of hydrogen-bond donors (Lipinski definition) is 1. The summed E-state index contributed by atoms with van der Waals surface area (Å²) in [5.41, 5.74) is 6.24. The van der Waals surface area contributed by atoms with Crippen LogP contribution >= 0.6 is 0 Å². The quantitative estimate of drug-likeness (QED) is 0.746. The van der Waals surface area contributed by atoms with E-state index in [1.807, 2.05) is 9.80 Å². The van der Waals surface area contributed by atoms with E-state index in [-0.39, 0.29) is 11.6 Å². The van der Waals surface area contributed by atoms with Gasteiger partial charge in [-0.15, -0.1) is 0 Å². The van der Waals surface area contributed by atoms with Crippen LogP contribution in [-0.4, -0.2) is 47.5 Å². The lowest BCUT2D eigenvalue weighted by Gasteiger charge is -2.50. The maximum Gasteiger partial charge on any atom is 0.320 e. The summed E-state index contributed by atoms with van der Waals surface area (Å²) in [7, 11) is 0. The zero-order valence-corrected chi connectivity index (χ0v) is 10.7. The van der Waals surface area contributed by atoms with E-state index < -0.39 is 0 Å². The van der Waals surface area contributed by atoms with E-state index in [4.69, 9.17) is 5.73 Å². The molecule has 17 heavy (non-hydrogen) atoms. The molecule has 3 aliphatic rings. The number of nitrogens with two attached hydrogens (primary N) is 1. The Morgan fingerprint density at radius 1 is 1.24 bits per heavy atom. The van der Waals surface area contributed by atoms with Crippen molar-refractivity contribution < 1.29 is 4.79 Å². The van der Waals surface area contributed by atoms with Crippen LogP contribution in [-0.2, 0) is 0 Å². The van der Waals surface area contributed by atoms with Gasteiger partial charge in [-0.2, -0.15) is 0 Å². The lowest BCUT2D eigenvalue weighted by molar-refractivity contribution is 0.0527. The van der Waals surface area contributed by atoms with Crippen LogP contribution in [0.25, 0.3) is 0 Å². The average molecular weight is 237 g/mol. The Labute approximate surface area is 103 Å². The SMILES string of the molecule is CC1CCCN(C(=O)N2CC(N)(C3CC3)C2)C1. The van der Waals surface area contributed by atoms with Crippen molar-refractivity contribution in [2.75, 3.05) is 26.2 Å². The second kappa shape index (κ2) is 3.87. The largest absolute Gasteiger partial charge is 0.324 e.